The average Bonchev–Trinajstić information content (AvgIpc) is 2.38. The zero-order valence-electron chi connectivity index (χ0n) is 11.9. The average molecular weight is 279 g/mol. The molecular formula is C15H21NO4. The maximum absolute atomic E-state index is 12.4. The van der Waals surface area contributed by atoms with E-state index in [0.717, 1.165) is 5.56 Å². The summed E-state index contributed by atoms with van der Waals surface area (Å²) in [6.45, 7) is 2.64. The predicted molar refractivity (Wildman–Crippen MR) is 75.8 cm³/mol. The monoisotopic (exact) mass is 279 g/mol. The minimum absolute atomic E-state index is 0.0188. The molecule has 1 atom stereocenters. The molecule has 5 heteroatoms. The Balaban J connectivity index is 2.83. The SMILES string of the molecule is Cc1ccc(C(=O)C(CC(=O)O)CN(C)CCO)cc1. The standard InChI is InChI=1S/C15H21NO4/c1-11-3-5-12(6-4-11)15(20)13(9-14(18)19)10-16(2)7-8-17/h3-6,13,17H,7-10H2,1-2H3,(H,18,19). The molecule has 110 valence electrons. The van der Waals surface area contributed by atoms with Gasteiger partial charge in [0.1, 0.15) is 0 Å². The van der Waals surface area contributed by atoms with E-state index in [4.69, 9.17) is 10.2 Å². The second-order valence-corrected chi connectivity index (χ2v) is 5.01. The fraction of sp³-hybridized carbons (Fsp3) is 0.467. The van der Waals surface area contributed by atoms with Gasteiger partial charge in [0.2, 0.25) is 0 Å². The Morgan fingerprint density at radius 2 is 1.85 bits per heavy atom. The molecule has 0 heterocycles. The summed E-state index contributed by atoms with van der Waals surface area (Å²) >= 11 is 0. The van der Waals surface area contributed by atoms with Crippen LogP contribution in [0.3, 0.4) is 0 Å². The van der Waals surface area contributed by atoms with Crippen LogP contribution in [-0.4, -0.2) is 53.6 Å². The van der Waals surface area contributed by atoms with Crippen LogP contribution >= 0.6 is 0 Å². The predicted octanol–water partition coefficient (Wildman–Crippen LogP) is 1.19. The number of hydrogen-bond donors (Lipinski definition) is 2. The van der Waals surface area contributed by atoms with Crippen molar-refractivity contribution < 1.29 is 19.8 Å². The Hall–Kier alpha value is -1.72. The Bertz CT molecular complexity index is 455. The Morgan fingerprint density at radius 1 is 1.25 bits per heavy atom. The van der Waals surface area contributed by atoms with E-state index in [9.17, 15) is 9.59 Å². The number of ketones is 1. The van der Waals surface area contributed by atoms with Crippen LogP contribution < -0.4 is 0 Å². The number of likely N-dealkylation sites (N-methyl/N-ethyl adjacent to an activating group) is 1. The summed E-state index contributed by atoms with van der Waals surface area (Å²) in [6.07, 6.45) is -0.206. The van der Waals surface area contributed by atoms with E-state index in [0.29, 0.717) is 18.7 Å². The summed E-state index contributed by atoms with van der Waals surface area (Å²) in [7, 11) is 1.76. The van der Waals surface area contributed by atoms with Gasteiger partial charge in [-0.2, -0.15) is 0 Å². The number of hydrogen-bond acceptors (Lipinski definition) is 4. The second kappa shape index (κ2) is 7.77. The van der Waals surface area contributed by atoms with Gasteiger partial charge in [-0.3, -0.25) is 9.59 Å². The number of Topliss-reactive ketones (excluding diaryl/α,β-unsaturated/α-hetero) is 1. The molecule has 0 aliphatic carbocycles. The lowest BCUT2D eigenvalue weighted by atomic mass is 9.93. The van der Waals surface area contributed by atoms with Crippen LogP contribution in [-0.2, 0) is 4.79 Å². The number of aliphatic hydroxyl groups excluding tert-OH is 1. The summed E-state index contributed by atoms with van der Waals surface area (Å²) in [4.78, 5) is 25.1. The smallest absolute Gasteiger partial charge is 0.304 e. The van der Waals surface area contributed by atoms with Crippen molar-refractivity contribution in [2.45, 2.75) is 13.3 Å². The molecule has 0 saturated carbocycles. The minimum Gasteiger partial charge on any atom is -0.481 e. The molecule has 0 spiro atoms. The van der Waals surface area contributed by atoms with Crippen LogP contribution in [0, 0.1) is 12.8 Å². The quantitative estimate of drug-likeness (QED) is 0.699. The van der Waals surface area contributed by atoms with Gasteiger partial charge in [0.15, 0.2) is 5.78 Å². The number of benzene rings is 1. The van der Waals surface area contributed by atoms with Gasteiger partial charge >= 0.3 is 5.97 Å². The molecule has 0 aliphatic heterocycles. The molecule has 20 heavy (non-hydrogen) atoms. The maximum atomic E-state index is 12.4. The summed E-state index contributed by atoms with van der Waals surface area (Å²) in [5, 5.41) is 17.8. The first-order valence-corrected chi connectivity index (χ1v) is 6.56. The first kappa shape index (κ1) is 16.3. The van der Waals surface area contributed by atoms with E-state index in [1.807, 2.05) is 19.1 Å². The van der Waals surface area contributed by atoms with Crippen molar-refractivity contribution in [3.05, 3.63) is 35.4 Å². The summed E-state index contributed by atoms with van der Waals surface area (Å²) in [6, 6.07) is 7.11. The molecule has 1 unspecified atom stereocenters. The highest BCUT2D eigenvalue weighted by Crippen LogP contribution is 2.15. The van der Waals surface area contributed by atoms with Gasteiger partial charge in [0.25, 0.3) is 0 Å². The lowest BCUT2D eigenvalue weighted by Crippen LogP contribution is -2.33. The van der Waals surface area contributed by atoms with Crippen molar-refractivity contribution in [3.8, 4) is 0 Å². The zero-order chi connectivity index (χ0) is 15.1. The highest BCUT2D eigenvalue weighted by atomic mass is 16.4. The van der Waals surface area contributed by atoms with Gasteiger partial charge in [-0.05, 0) is 14.0 Å². The number of carbonyl (C=O) groups excluding carboxylic acids is 1. The molecule has 1 aromatic carbocycles. The van der Waals surface area contributed by atoms with E-state index >= 15 is 0 Å². The lowest BCUT2D eigenvalue weighted by molar-refractivity contribution is -0.137. The summed E-state index contributed by atoms with van der Waals surface area (Å²) in [5.41, 5.74) is 1.58. The second-order valence-electron chi connectivity index (χ2n) is 5.01. The highest BCUT2D eigenvalue weighted by molar-refractivity contribution is 5.99. The van der Waals surface area contributed by atoms with Gasteiger partial charge in [-0.1, -0.05) is 29.8 Å². The number of carbonyl (C=O) groups is 2. The van der Waals surface area contributed by atoms with Crippen molar-refractivity contribution in [1.29, 1.82) is 0 Å². The number of nitrogens with zero attached hydrogens (tertiary/aromatic N) is 1. The summed E-state index contributed by atoms with van der Waals surface area (Å²) in [5.74, 6) is -1.77. The Labute approximate surface area is 118 Å². The highest BCUT2D eigenvalue weighted by Gasteiger charge is 2.24. The van der Waals surface area contributed by atoms with E-state index in [-0.39, 0.29) is 18.8 Å². The maximum Gasteiger partial charge on any atom is 0.304 e. The number of carboxylic acid groups (broad SMARTS) is 1. The zero-order valence-corrected chi connectivity index (χ0v) is 11.9. The number of aliphatic hydroxyl groups is 1. The van der Waals surface area contributed by atoms with E-state index in [1.54, 1.807) is 24.1 Å². The van der Waals surface area contributed by atoms with Crippen LogP contribution in [0.4, 0.5) is 0 Å². The Kier molecular flexibility index (Phi) is 6.35. The lowest BCUT2D eigenvalue weighted by Gasteiger charge is -2.21. The fourth-order valence-electron chi connectivity index (χ4n) is 2.04. The van der Waals surface area contributed by atoms with E-state index in [2.05, 4.69) is 0 Å². The van der Waals surface area contributed by atoms with Gasteiger partial charge < -0.3 is 15.1 Å². The van der Waals surface area contributed by atoms with Crippen molar-refractivity contribution >= 4 is 11.8 Å². The molecule has 0 aliphatic rings. The number of carboxylic acids is 1. The first-order valence-electron chi connectivity index (χ1n) is 6.56. The van der Waals surface area contributed by atoms with Gasteiger partial charge in [0.05, 0.1) is 13.0 Å². The molecule has 1 rings (SSSR count). The van der Waals surface area contributed by atoms with Gasteiger partial charge in [-0.25, -0.2) is 0 Å². The van der Waals surface area contributed by atoms with Crippen molar-refractivity contribution in [1.82, 2.24) is 4.90 Å². The van der Waals surface area contributed by atoms with Gasteiger partial charge in [0, 0.05) is 24.6 Å². The molecule has 0 bridgehead atoms. The van der Waals surface area contributed by atoms with Crippen LogP contribution in [0.5, 0.6) is 0 Å². The minimum atomic E-state index is -0.993. The molecular weight excluding hydrogens is 258 g/mol. The topological polar surface area (TPSA) is 77.8 Å². The Morgan fingerprint density at radius 3 is 2.35 bits per heavy atom. The third kappa shape index (κ3) is 5.11. The molecule has 5 nitrogen and oxygen atoms in total. The van der Waals surface area contributed by atoms with E-state index in [1.165, 1.54) is 0 Å². The molecule has 0 saturated heterocycles. The molecule has 0 amide bonds. The van der Waals surface area contributed by atoms with Gasteiger partial charge in [-0.15, -0.1) is 0 Å². The van der Waals surface area contributed by atoms with E-state index < -0.39 is 11.9 Å². The molecule has 1 aromatic rings. The van der Waals surface area contributed by atoms with Crippen LogP contribution in [0.25, 0.3) is 0 Å². The van der Waals surface area contributed by atoms with Crippen LogP contribution in [0.1, 0.15) is 22.3 Å². The first-order chi connectivity index (χ1) is 9.43. The molecule has 2 N–H and O–H groups in total. The number of rotatable bonds is 8. The molecule has 0 fully saturated rings. The summed E-state index contributed by atoms with van der Waals surface area (Å²) < 4.78 is 0. The van der Waals surface area contributed by atoms with Crippen LogP contribution in [0.2, 0.25) is 0 Å². The number of aryl methyl sites for hydroxylation is 1. The third-order valence-corrected chi connectivity index (χ3v) is 3.14. The third-order valence-electron chi connectivity index (χ3n) is 3.14. The van der Waals surface area contributed by atoms with Crippen molar-refractivity contribution in [2.75, 3.05) is 26.7 Å². The molecule has 0 radical (unpaired) electrons. The van der Waals surface area contributed by atoms with Crippen molar-refractivity contribution in [3.63, 3.8) is 0 Å². The van der Waals surface area contributed by atoms with Crippen LogP contribution in [0.15, 0.2) is 24.3 Å². The largest absolute Gasteiger partial charge is 0.481 e. The number of aliphatic carboxylic acids is 1. The normalized spacial score (nSPS) is 12.4. The van der Waals surface area contributed by atoms with Crippen molar-refractivity contribution in [2.24, 2.45) is 5.92 Å². The molecule has 0 aromatic heterocycles. The fourth-order valence-corrected chi connectivity index (χ4v) is 2.04.